The first-order valence-corrected chi connectivity index (χ1v) is 6.56. The first-order valence-electron chi connectivity index (χ1n) is 6.18. The lowest BCUT2D eigenvalue weighted by Gasteiger charge is -2.11. The summed E-state index contributed by atoms with van der Waals surface area (Å²) in [5, 5.41) is 16.2. The van der Waals surface area contributed by atoms with E-state index >= 15 is 0 Å². The van der Waals surface area contributed by atoms with Crippen LogP contribution in [0.5, 0.6) is 0 Å². The van der Waals surface area contributed by atoms with Crippen LogP contribution in [0.15, 0.2) is 24.5 Å². The van der Waals surface area contributed by atoms with Gasteiger partial charge in [0.15, 0.2) is 0 Å². The lowest BCUT2D eigenvalue weighted by Crippen LogP contribution is -2.26. The number of nitrogens with zero attached hydrogens (tertiary/aromatic N) is 4. The summed E-state index contributed by atoms with van der Waals surface area (Å²) < 4.78 is 1.27. The Balaban J connectivity index is 2.15. The fourth-order valence-corrected chi connectivity index (χ4v) is 1.83. The van der Waals surface area contributed by atoms with Crippen molar-refractivity contribution < 1.29 is 9.59 Å². The lowest BCUT2D eigenvalue weighted by atomic mass is 10.1. The van der Waals surface area contributed by atoms with Gasteiger partial charge in [-0.15, -0.1) is 5.10 Å². The topological polar surface area (TPSA) is 102 Å². The van der Waals surface area contributed by atoms with Gasteiger partial charge in [-0.25, -0.2) is 4.68 Å². The van der Waals surface area contributed by atoms with Crippen LogP contribution < -0.4 is 10.6 Å². The summed E-state index contributed by atoms with van der Waals surface area (Å²) in [6, 6.07) is 4.67. The van der Waals surface area contributed by atoms with E-state index in [0.29, 0.717) is 22.8 Å². The van der Waals surface area contributed by atoms with Crippen LogP contribution in [0.4, 0.5) is 5.69 Å². The molecule has 0 saturated heterocycles. The van der Waals surface area contributed by atoms with E-state index < -0.39 is 0 Å². The molecule has 1 aromatic heterocycles. The third-order valence-electron chi connectivity index (χ3n) is 2.53. The lowest BCUT2D eigenvalue weighted by molar-refractivity contribution is -0.116. The van der Waals surface area contributed by atoms with Crippen LogP contribution in [-0.2, 0) is 11.3 Å². The Morgan fingerprint density at radius 2 is 2.19 bits per heavy atom. The highest BCUT2D eigenvalue weighted by Crippen LogP contribution is 2.20. The van der Waals surface area contributed by atoms with Crippen LogP contribution >= 0.6 is 11.6 Å². The number of aromatic nitrogens is 4. The van der Waals surface area contributed by atoms with Gasteiger partial charge in [0.2, 0.25) is 5.91 Å². The van der Waals surface area contributed by atoms with Gasteiger partial charge in [-0.1, -0.05) is 11.6 Å². The van der Waals surface area contributed by atoms with Crippen molar-refractivity contribution in [3.05, 3.63) is 35.1 Å². The third-order valence-corrected chi connectivity index (χ3v) is 2.77. The van der Waals surface area contributed by atoms with Crippen LogP contribution in [0.25, 0.3) is 0 Å². The minimum absolute atomic E-state index is 0.0511. The number of halogens is 1. The van der Waals surface area contributed by atoms with E-state index in [4.69, 9.17) is 11.6 Å². The first-order chi connectivity index (χ1) is 10.1. The largest absolute Gasteiger partial charge is 0.352 e. The molecule has 0 aliphatic carbocycles. The highest BCUT2D eigenvalue weighted by atomic mass is 35.5. The van der Waals surface area contributed by atoms with Gasteiger partial charge in [-0.3, -0.25) is 9.59 Å². The van der Waals surface area contributed by atoms with Gasteiger partial charge in [0.05, 0.1) is 11.3 Å². The predicted molar refractivity (Wildman–Crippen MR) is 75.9 cm³/mol. The molecule has 0 spiro atoms. The van der Waals surface area contributed by atoms with Gasteiger partial charge in [0.25, 0.3) is 5.91 Å². The number of benzene rings is 1. The molecule has 110 valence electrons. The summed E-state index contributed by atoms with van der Waals surface area (Å²) in [4.78, 5) is 23.9. The summed E-state index contributed by atoms with van der Waals surface area (Å²) in [5.74, 6) is -0.659. The zero-order valence-corrected chi connectivity index (χ0v) is 12.0. The summed E-state index contributed by atoms with van der Waals surface area (Å²) in [6.45, 7) is 2.23. The number of hydrogen-bond donors (Lipinski definition) is 2. The smallest absolute Gasteiger partial charge is 0.253 e. The van der Waals surface area contributed by atoms with Crippen LogP contribution in [0.1, 0.15) is 17.3 Å². The molecule has 0 fully saturated rings. The number of tetrazole rings is 1. The first kappa shape index (κ1) is 14.9. The highest BCUT2D eigenvalue weighted by molar-refractivity contribution is 6.31. The molecule has 0 aliphatic heterocycles. The van der Waals surface area contributed by atoms with Crippen LogP contribution in [0.3, 0.4) is 0 Å². The Morgan fingerprint density at radius 3 is 2.86 bits per heavy atom. The standard InChI is InChI=1S/C12H13ClN6O2/c1-2-14-12(21)9-5-8(13)3-4-10(9)16-11(20)6-19-7-15-17-18-19/h3-5,7H,2,6H2,1H3,(H,14,21)(H,16,20). The second-order valence-corrected chi connectivity index (χ2v) is 4.54. The van der Waals surface area contributed by atoms with Gasteiger partial charge in [0, 0.05) is 11.6 Å². The third kappa shape index (κ3) is 3.99. The van der Waals surface area contributed by atoms with Crippen molar-refractivity contribution in [3.63, 3.8) is 0 Å². The zero-order chi connectivity index (χ0) is 15.2. The molecular formula is C12H13ClN6O2. The molecule has 1 heterocycles. The highest BCUT2D eigenvalue weighted by Gasteiger charge is 2.14. The normalized spacial score (nSPS) is 10.2. The molecular weight excluding hydrogens is 296 g/mol. The average molecular weight is 309 g/mol. The van der Waals surface area contributed by atoms with Gasteiger partial charge in [-0.2, -0.15) is 0 Å². The zero-order valence-electron chi connectivity index (χ0n) is 11.2. The fraction of sp³-hybridized carbons (Fsp3) is 0.250. The van der Waals surface area contributed by atoms with E-state index in [1.165, 1.54) is 17.1 Å². The summed E-state index contributed by atoms with van der Waals surface area (Å²) in [6.07, 6.45) is 1.33. The number of carbonyl (C=O) groups excluding carboxylic acids is 2. The van der Waals surface area contributed by atoms with Crippen molar-refractivity contribution in [2.24, 2.45) is 0 Å². The molecule has 0 unspecified atom stereocenters. The van der Waals surface area contributed by atoms with Gasteiger partial charge in [0.1, 0.15) is 12.9 Å². The Morgan fingerprint density at radius 1 is 1.38 bits per heavy atom. The molecule has 2 amide bonds. The number of amides is 2. The second-order valence-electron chi connectivity index (χ2n) is 4.10. The van der Waals surface area contributed by atoms with Gasteiger partial charge in [-0.05, 0) is 35.5 Å². The molecule has 2 N–H and O–H groups in total. The van der Waals surface area contributed by atoms with Crippen molar-refractivity contribution >= 4 is 29.1 Å². The maximum absolute atomic E-state index is 12.0. The SMILES string of the molecule is CCNC(=O)c1cc(Cl)ccc1NC(=O)Cn1cnnn1. The Kier molecular flexibility index (Phi) is 4.83. The van der Waals surface area contributed by atoms with Crippen molar-refractivity contribution in [3.8, 4) is 0 Å². The predicted octanol–water partition coefficient (Wildman–Crippen LogP) is 0.715. The Hall–Kier alpha value is -2.48. The molecule has 2 aromatic rings. The van der Waals surface area contributed by atoms with Gasteiger partial charge < -0.3 is 10.6 Å². The van der Waals surface area contributed by atoms with Crippen LogP contribution in [0.2, 0.25) is 5.02 Å². The fourth-order valence-electron chi connectivity index (χ4n) is 1.66. The number of nitrogens with one attached hydrogen (secondary N) is 2. The summed E-state index contributed by atoms with van der Waals surface area (Å²) >= 11 is 5.89. The van der Waals surface area contributed by atoms with Crippen LogP contribution in [-0.4, -0.2) is 38.6 Å². The van der Waals surface area contributed by atoms with E-state index in [1.807, 2.05) is 0 Å². The minimum atomic E-state index is -0.352. The molecule has 0 saturated carbocycles. The van der Waals surface area contributed by atoms with E-state index in [0.717, 1.165) is 0 Å². The maximum atomic E-state index is 12.0. The summed E-state index contributed by atoms with van der Waals surface area (Å²) in [5.41, 5.74) is 0.679. The molecule has 9 heteroatoms. The van der Waals surface area contributed by atoms with E-state index in [9.17, 15) is 9.59 Å². The van der Waals surface area contributed by atoms with Crippen molar-refractivity contribution in [2.75, 3.05) is 11.9 Å². The van der Waals surface area contributed by atoms with Crippen molar-refractivity contribution in [1.82, 2.24) is 25.5 Å². The van der Waals surface area contributed by atoms with Crippen molar-refractivity contribution in [2.45, 2.75) is 13.5 Å². The molecule has 0 bridgehead atoms. The Bertz CT molecular complexity index is 643. The number of carbonyl (C=O) groups is 2. The maximum Gasteiger partial charge on any atom is 0.253 e. The molecule has 2 rings (SSSR count). The minimum Gasteiger partial charge on any atom is -0.352 e. The average Bonchev–Trinajstić information content (AvgIpc) is 2.93. The van der Waals surface area contributed by atoms with E-state index in [-0.39, 0.29) is 18.4 Å². The quantitative estimate of drug-likeness (QED) is 0.847. The second kappa shape index (κ2) is 6.80. The molecule has 21 heavy (non-hydrogen) atoms. The monoisotopic (exact) mass is 308 g/mol. The molecule has 0 aliphatic rings. The van der Waals surface area contributed by atoms with E-state index in [1.54, 1.807) is 19.1 Å². The van der Waals surface area contributed by atoms with E-state index in [2.05, 4.69) is 26.2 Å². The molecule has 0 atom stereocenters. The molecule has 1 aromatic carbocycles. The molecule has 0 radical (unpaired) electrons. The van der Waals surface area contributed by atoms with Gasteiger partial charge >= 0.3 is 0 Å². The van der Waals surface area contributed by atoms with Crippen LogP contribution in [0, 0.1) is 0 Å². The summed E-state index contributed by atoms with van der Waals surface area (Å²) in [7, 11) is 0. The molecule has 8 nitrogen and oxygen atoms in total. The Labute approximate surface area is 125 Å². The number of anilines is 1. The number of rotatable bonds is 5. The van der Waals surface area contributed by atoms with Crippen molar-refractivity contribution in [1.29, 1.82) is 0 Å². The number of hydrogen-bond acceptors (Lipinski definition) is 5.